The van der Waals surface area contributed by atoms with Gasteiger partial charge in [-0.15, -0.1) is 0 Å². The summed E-state index contributed by atoms with van der Waals surface area (Å²) in [6, 6.07) is 18.9. The molecule has 0 fully saturated rings. The van der Waals surface area contributed by atoms with Crippen LogP contribution in [0.4, 0.5) is 11.4 Å². The molecular weight excluding hydrogens is 444 g/mol. The van der Waals surface area contributed by atoms with E-state index in [1.54, 1.807) is 44.6 Å². The zero-order valence-corrected chi connectivity index (χ0v) is 18.7. The van der Waals surface area contributed by atoms with E-state index in [0.717, 1.165) is 5.69 Å². The lowest BCUT2D eigenvalue weighted by atomic mass is 10.2. The average molecular weight is 465 g/mol. The molecule has 4 aromatic rings. The molecule has 0 aliphatic carbocycles. The Morgan fingerprint density at radius 2 is 1.85 bits per heavy atom. The molecule has 168 valence electrons. The molecule has 0 unspecified atom stereocenters. The third kappa shape index (κ3) is 4.75. The number of anilines is 1. The molecule has 10 heteroatoms. The molecule has 4 rings (SSSR count). The van der Waals surface area contributed by atoms with E-state index in [2.05, 4.69) is 10.3 Å². The second kappa shape index (κ2) is 9.61. The summed E-state index contributed by atoms with van der Waals surface area (Å²) in [4.78, 5) is 27.9. The number of non-ortho nitro benzene ring substituents is 1. The number of carbonyl (C=O) groups excluding carboxylic acids is 1. The van der Waals surface area contributed by atoms with Crippen molar-refractivity contribution in [3.05, 3.63) is 76.8 Å². The van der Waals surface area contributed by atoms with Crippen molar-refractivity contribution in [2.45, 2.75) is 5.16 Å². The van der Waals surface area contributed by atoms with Gasteiger partial charge in [0.05, 0.1) is 41.6 Å². The van der Waals surface area contributed by atoms with Crippen molar-refractivity contribution in [1.29, 1.82) is 0 Å². The van der Waals surface area contributed by atoms with Crippen LogP contribution >= 0.6 is 11.8 Å². The van der Waals surface area contributed by atoms with Gasteiger partial charge in [0, 0.05) is 17.8 Å². The fourth-order valence-electron chi connectivity index (χ4n) is 3.31. The van der Waals surface area contributed by atoms with E-state index in [0.29, 0.717) is 33.4 Å². The number of nitrogens with one attached hydrogen (secondary N) is 1. The molecular formula is C23H20N4O5S. The lowest BCUT2D eigenvalue weighted by Gasteiger charge is -2.13. The summed E-state index contributed by atoms with van der Waals surface area (Å²) in [5.74, 6) is 1.18. The van der Waals surface area contributed by atoms with Crippen LogP contribution in [0.2, 0.25) is 0 Å². The highest BCUT2D eigenvalue weighted by Crippen LogP contribution is 2.33. The number of rotatable bonds is 8. The van der Waals surface area contributed by atoms with Crippen LogP contribution < -0.4 is 14.8 Å². The Bertz CT molecular complexity index is 1320. The number of imidazole rings is 1. The minimum Gasteiger partial charge on any atom is -0.497 e. The highest BCUT2D eigenvalue weighted by Gasteiger charge is 2.19. The SMILES string of the molecule is COc1ccc(NC(=O)CSc2nc3cc([N+](=O)[O-])ccc3n2-c2ccccc2OC)cc1. The van der Waals surface area contributed by atoms with Gasteiger partial charge < -0.3 is 14.8 Å². The first kappa shape index (κ1) is 22.2. The fraction of sp³-hybridized carbons (Fsp3) is 0.130. The quantitative estimate of drug-likeness (QED) is 0.229. The summed E-state index contributed by atoms with van der Waals surface area (Å²) in [5.41, 5.74) is 2.43. The van der Waals surface area contributed by atoms with E-state index >= 15 is 0 Å². The number of methoxy groups -OCH3 is 2. The van der Waals surface area contributed by atoms with Gasteiger partial charge in [-0.3, -0.25) is 19.5 Å². The Kier molecular flexibility index (Phi) is 6.45. The first-order valence-corrected chi connectivity index (χ1v) is 10.9. The zero-order chi connectivity index (χ0) is 23.4. The maximum absolute atomic E-state index is 12.6. The maximum Gasteiger partial charge on any atom is 0.271 e. The van der Waals surface area contributed by atoms with Gasteiger partial charge in [0.1, 0.15) is 11.5 Å². The van der Waals surface area contributed by atoms with Crippen LogP contribution in [0.15, 0.2) is 71.9 Å². The van der Waals surface area contributed by atoms with E-state index < -0.39 is 4.92 Å². The summed E-state index contributed by atoms with van der Waals surface area (Å²) in [7, 11) is 3.14. The predicted octanol–water partition coefficient (Wildman–Crippen LogP) is 4.68. The molecule has 0 aliphatic heterocycles. The summed E-state index contributed by atoms with van der Waals surface area (Å²) >= 11 is 1.23. The molecule has 3 aromatic carbocycles. The number of carbonyl (C=O) groups is 1. The number of fused-ring (bicyclic) bond motifs is 1. The van der Waals surface area contributed by atoms with Crippen molar-refractivity contribution in [2.24, 2.45) is 0 Å². The number of nitrogens with zero attached hydrogens (tertiary/aromatic N) is 3. The molecule has 9 nitrogen and oxygen atoms in total. The number of para-hydroxylation sites is 2. The Hall–Kier alpha value is -4.05. The van der Waals surface area contributed by atoms with Crippen LogP contribution in [0.3, 0.4) is 0 Å². The van der Waals surface area contributed by atoms with Crippen molar-refractivity contribution in [3.8, 4) is 17.2 Å². The topological polar surface area (TPSA) is 109 Å². The maximum atomic E-state index is 12.6. The molecule has 0 spiro atoms. The van der Waals surface area contributed by atoms with Crippen LogP contribution in [0.1, 0.15) is 0 Å². The van der Waals surface area contributed by atoms with Gasteiger partial charge in [-0.2, -0.15) is 0 Å². The lowest BCUT2D eigenvalue weighted by Crippen LogP contribution is -2.14. The smallest absolute Gasteiger partial charge is 0.271 e. The van der Waals surface area contributed by atoms with Crippen molar-refractivity contribution in [2.75, 3.05) is 25.3 Å². The standard InChI is InChI=1S/C23H20N4O5S/c1-31-17-10-7-15(8-11-17)24-22(28)14-33-23-25-18-13-16(27(29)30)9-12-19(18)26(23)20-5-3-4-6-21(20)32-2/h3-13H,14H2,1-2H3,(H,24,28). The van der Waals surface area contributed by atoms with Gasteiger partial charge in [-0.1, -0.05) is 23.9 Å². The van der Waals surface area contributed by atoms with Crippen LogP contribution in [0, 0.1) is 10.1 Å². The van der Waals surface area contributed by atoms with Crippen molar-refractivity contribution in [3.63, 3.8) is 0 Å². The fourth-order valence-corrected chi connectivity index (χ4v) is 4.13. The highest BCUT2D eigenvalue weighted by molar-refractivity contribution is 7.99. The second-order valence-electron chi connectivity index (χ2n) is 6.90. The number of aromatic nitrogens is 2. The van der Waals surface area contributed by atoms with Gasteiger partial charge in [0.2, 0.25) is 5.91 Å². The third-order valence-electron chi connectivity index (χ3n) is 4.85. The minimum atomic E-state index is -0.462. The first-order chi connectivity index (χ1) is 16.0. The molecule has 1 N–H and O–H groups in total. The number of amides is 1. The third-order valence-corrected chi connectivity index (χ3v) is 5.79. The van der Waals surface area contributed by atoms with Crippen molar-refractivity contribution < 1.29 is 19.2 Å². The molecule has 1 aromatic heterocycles. The number of benzene rings is 3. The average Bonchev–Trinajstić information content (AvgIpc) is 3.20. The van der Waals surface area contributed by atoms with E-state index in [1.807, 2.05) is 28.8 Å². The molecule has 1 amide bonds. The van der Waals surface area contributed by atoms with Gasteiger partial charge >= 0.3 is 0 Å². The summed E-state index contributed by atoms with van der Waals surface area (Å²) in [5, 5.41) is 14.6. The summed E-state index contributed by atoms with van der Waals surface area (Å²) in [6.07, 6.45) is 0. The Morgan fingerprint density at radius 3 is 2.55 bits per heavy atom. The van der Waals surface area contributed by atoms with Gasteiger partial charge in [-0.05, 0) is 42.5 Å². The van der Waals surface area contributed by atoms with E-state index in [1.165, 1.54) is 23.9 Å². The minimum absolute atomic E-state index is 0.0547. The normalized spacial score (nSPS) is 10.7. The number of ether oxygens (including phenoxy) is 2. The molecule has 0 atom stereocenters. The van der Waals surface area contributed by atoms with E-state index in [4.69, 9.17) is 9.47 Å². The summed E-state index contributed by atoms with van der Waals surface area (Å²) in [6.45, 7) is 0. The largest absolute Gasteiger partial charge is 0.497 e. The Morgan fingerprint density at radius 1 is 1.09 bits per heavy atom. The van der Waals surface area contributed by atoms with Crippen molar-refractivity contribution >= 4 is 40.1 Å². The molecule has 33 heavy (non-hydrogen) atoms. The number of hydrogen-bond donors (Lipinski definition) is 1. The number of nitro benzene ring substituents is 1. The first-order valence-electron chi connectivity index (χ1n) is 9.87. The van der Waals surface area contributed by atoms with Crippen LogP contribution in [-0.4, -0.2) is 40.4 Å². The zero-order valence-electron chi connectivity index (χ0n) is 17.8. The Labute approximate surface area is 193 Å². The summed E-state index contributed by atoms with van der Waals surface area (Å²) < 4.78 is 12.5. The molecule has 0 aliphatic rings. The second-order valence-corrected chi connectivity index (χ2v) is 7.84. The highest BCUT2D eigenvalue weighted by atomic mass is 32.2. The number of hydrogen-bond acceptors (Lipinski definition) is 7. The van der Waals surface area contributed by atoms with E-state index in [9.17, 15) is 14.9 Å². The molecule has 1 heterocycles. The number of nitro groups is 1. The van der Waals surface area contributed by atoms with Crippen molar-refractivity contribution in [1.82, 2.24) is 9.55 Å². The number of thioether (sulfide) groups is 1. The van der Waals surface area contributed by atoms with Crippen LogP contribution in [0.5, 0.6) is 11.5 Å². The predicted molar refractivity (Wildman–Crippen MR) is 127 cm³/mol. The lowest BCUT2D eigenvalue weighted by molar-refractivity contribution is -0.384. The molecule has 0 saturated heterocycles. The van der Waals surface area contributed by atoms with E-state index in [-0.39, 0.29) is 17.3 Å². The monoisotopic (exact) mass is 464 g/mol. The van der Waals surface area contributed by atoms with Gasteiger partial charge in [0.15, 0.2) is 5.16 Å². The van der Waals surface area contributed by atoms with Gasteiger partial charge in [0.25, 0.3) is 5.69 Å². The molecule has 0 radical (unpaired) electrons. The van der Waals surface area contributed by atoms with Crippen LogP contribution in [-0.2, 0) is 4.79 Å². The molecule has 0 saturated carbocycles. The van der Waals surface area contributed by atoms with Crippen LogP contribution in [0.25, 0.3) is 16.7 Å². The molecule has 0 bridgehead atoms. The Balaban J connectivity index is 1.65. The van der Waals surface area contributed by atoms with Gasteiger partial charge in [-0.25, -0.2) is 4.98 Å².